The first-order chi connectivity index (χ1) is 10.7. The molecule has 2 fully saturated rings. The van der Waals surface area contributed by atoms with Crippen molar-refractivity contribution in [2.75, 3.05) is 23.7 Å². The number of anilines is 2. The zero-order valence-corrected chi connectivity index (χ0v) is 16.0. The molecule has 136 valence electrons. The minimum Gasteiger partial charge on any atom is -0.381 e. The Morgan fingerprint density at radius 3 is 2.50 bits per heavy atom. The van der Waals surface area contributed by atoms with Crippen molar-refractivity contribution >= 4 is 53.7 Å². The predicted octanol–water partition coefficient (Wildman–Crippen LogP) is 4.48. The number of nitrogens with one attached hydrogen (secondary N) is 3. The van der Waals surface area contributed by atoms with Crippen molar-refractivity contribution in [1.82, 2.24) is 5.32 Å². The second kappa shape index (κ2) is 10.3. The highest BCUT2D eigenvalue weighted by Crippen LogP contribution is 2.31. The fraction of sp³-hybridized carbons (Fsp3) is 0.588. The largest absolute Gasteiger partial charge is 0.381 e. The van der Waals surface area contributed by atoms with E-state index < -0.39 is 0 Å². The van der Waals surface area contributed by atoms with Crippen LogP contribution in [0.25, 0.3) is 0 Å². The number of carbonyl (C=O) groups is 1. The van der Waals surface area contributed by atoms with E-state index in [0.29, 0.717) is 23.4 Å². The third-order valence-electron chi connectivity index (χ3n) is 4.43. The van der Waals surface area contributed by atoms with Crippen molar-refractivity contribution in [1.29, 1.82) is 0 Å². The number of piperidine rings is 1. The molecule has 7 heteroatoms. The van der Waals surface area contributed by atoms with Crippen LogP contribution < -0.4 is 16.0 Å². The fourth-order valence-corrected chi connectivity index (χ4v) is 3.08. The monoisotopic (exact) mass is 393 g/mol. The SMILES string of the molecule is Cl.Cl.O=C(CCC1CCNCC1)Nc1cc(Cl)ccc1NC1CC1. The molecule has 1 saturated heterocycles. The van der Waals surface area contributed by atoms with Crippen molar-refractivity contribution in [3.63, 3.8) is 0 Å². The normalized spacial score (nSPS) is 17.4. The van der Waals surface area contributed by atoms with Crippen LogP contribution in [0.1, 0.15) is 38.5 Å². The van der Waals surface area contributed by atoms with Gasteiger partial charge >= 0.3 is 0 Å². The van der Waals surface area contributed by atoms with E-state index in [4.69, 9.17) is 11.6 Å². The van der Waals surface area contributed by atoms with Crippen LogP contribution in [0.3, 0.4) is 0 Å². The average Bonchev–Trinajstić information content (AvgIpc) is 3.33. The van der Waals surface area contributed by atoms with Gasteiger partial charge in [-0.2, -0.15) is 0 Å². The Morgan fingerprint density at radius 2 is 1.83 bits per heavy atom. The van der Waals surface area contributed by atoms with E-state index in [0.717, 1.165) is 30.9 Å². The van der Waals surface area contributed by atoms with Crippen LogP contribution in [0.2, 0.25) is 5.02 Å². The van der Waals surface area contributed by atoms with Crippen molar-refractivity contribution < 1.29 is 4.79 Å². The Kier molecular flexibility index (Phi) is 9.21. The number of amides is 1. The van der Waals surface area contributed by atoms with Crippen molar-refractivity contribution in [3.05, 3.63) is 23.2 Å². The lowest BCUT2D eigenvalue weighted by molar-refractivity contribution is -0.116. The molecule has 0 spiro atoms. The molecule has 0 unspecified atom stereocenters. The second-order valence-corrected chi connectivity index (χ2v) is 6.83. The molecule has 0 atom stereocenters. The zero-order valence-electron chi connectivity index (χ0n) is 13.6. The minimum absolute atomic E-state index is 0. The van der Waals surface area contributed by atoms with E-state index in [1.165, 1.54) is 25.7 Å². The highest BCUT2D eigenvalue weighted by atomic mass is 35.5. The smallest absolute Gasteiger partial charge is 0.224 e. The van der Waals surface area contributed by atoms with Gasteiger partial charge in [-0.15, -0.1) is 24.8 Å². The van der Waals surface area contributed by atoms with Crippen molar-refractivity contribution in [3.8, 4) is 0 Å². The second-order valence-electron chi connectivity index (χ2n) is 6.39. The number of hydrogen-bond donors (Lipinski definition) is 3. The first-order valence-electron chi connectivity index (χ1n) is 8.27. The molecule has 1 aliphatic heterocycles. The number of halogens is 3. The highest BCUT2D eigenvalue weighted by Gasteiger charge is 2.22. The van der Waals surface area contributed by atoms with Gasteiger partial charge < -0.3 is 16.0 Å². The van der Waals surface area contributed by atoms with Gasteiger partial charge in [0.2, 0.25) is 5.91 Å². The van der Waals surface area contributed by atoms with E-state index in [-0.39, 0.29) is 30.7 Å². The summed E-state index contributed by atoms with van der Waals surface area (Å²) in [7, 11) is 0. The third-order valence-corrected chi connectivity index (χ3v) is 4.67. The first-order valence-corrected chi connectivity index (χ1v) is 8.65. The molecule has 1 aliphatic carbocycles. The van der Waals surface area contributed by atoms with Crippen LogP contribution >= 0.6 is 36.4 Å². The lowest BCUT2D eigenvalue weighted by atomic mass is 9.93. The molecule has 2 aliphatic rings. The van der Waals surface area contributed by atoms with Crippen LogP contribution in [-0.4, -0.2) is 25.0 Å². The van der Waals surface area contributed by atoms with Crippen LogP contribution in [0, 0.1) is 5.92 Å². The van der Waals surface area contributed by atoms with E-state index in [2.05, 4.69) is 16.0 Å². The predicted molar refractivity (Wildman–Crippen MR) is 106 cm³/mol. The van der Waals surface area contributed by atoms with Crippen LogP contribution in [0.5, 0.6) is 0 Å². The summed E-state index contributed by atoms with van der Waals surface area (Å²) in [6.45, 7) is 2.16. The Bertz CT molecular complexity index is 532. The summed E-state index contributed by atoms with van der Waals surface area (Å²) in [5, 5.41) is 10.5. The van der Waals surface area contributed by atoms with Crippen LogP contribution in [0.15, 0.2) is 18.2 Å². The van der Waals surface area contributed by atoms with Gasteiger partial charge in [-0.25, -0.2) is 0 Å². The quantitative estimate of drug-likeness (QED) is 0.667. The Morgan fingerprint density at radius 1 is 1.12 bits per heavy atom. The maximum absolute atomic E-state index is 12.2. The van der Waals surface area contributed by atoms with E-state index in [1.807, 2.05) is 18.2 Å². The molecular weight excluding hydrogens is 369 g/mol. The van der Waals surface area contributed by atoms with Crippen molar-refractivity contribution in [2.45, 2.75) is 44.6 Å². The zero-order chi connectivity index (χ0) is 15.4. The van der Waals surface area contributed by atoms with Gasteiger partial charge in [0, 0.05) is 17.5 Å². The van der Waals surface area contributed by atoms with Gasteiger partial charge in [0.1, 0.15) is 0 Å². The molecule has 1 heterocycles. The molecule has 1 amide bonds. The lowest BCUT2D eigenvalue weighted by Crippen LogP contribution is -2.28. The number of rotatable bonds is 6. The van der Waals surface area contributed by atoms with E-state index >= 15 is 0 Å². The molecule has 1 aromatic carbocycles. The van der Waals surface area contributed by atoms with E-state index in [9.17, 15) is 4.79 Å². The Balaban J connectivity index is 0.00000144. The van der Waals surface area contributed by atoms with Crippen molar-refractivity contribution in [2.24, 2.45) is 5.92 Å². The molecule has 1 saturated carbocycles. The minimum atomic E-state index is 0. The third kappa shape index (κ3) is 6.67. The van der Waals surface area contributed by atoms with Gasteiger partial charge in [0.05, 0.1) is 11.4 Å². The number of benzene rings is 1. The molecule has 1 aromatic rings. The maximum atomic E-state index is 12.2. The fourth-order valence-electron chi connectivity index (χ4n) is 2.91. The summed E-state index contributed by atoms with van der Waals surface area (Å²) >= 11 is 6.07. The summed E-state index contributed by atoms with van der Waals surface area (Å²) in [4.78, 5) is 12.2. The average molecular weight is 395 g/mol. The molecule has 4 nitrogen and oxygen atoms in total. The molecule has 0 radical (unpaired) electrons. The molecule has 0 aromatic heterocycles. The molecule has 3 rings (SSSR count). The van der Waals surface area contributed by atoms with Gasteiger partial charge in [-0.1, -0.05) is 11.6 Å². The lowest BCUT2D eigenvalue weighted by Gasteiger charge is -2.22. The molecular formula is C17H26Cl3N3O. The highest BCUT2D eigenvalue weighted by molar-refractivity contribution is 6.31. The summed E-state index contributed by atoms with van der Waals surface area (Å²) < 4.78 is 0. The summed E-state index contributed by atoms with van der Waals surface area (Å²) in [5.41, 5.74) is 1.77. The molecule has 0 bridgehead atoms. The topological polar surface area (TPSA) is 53.2 Å². The van der Waals surface area contributed by atoms with Crippen LogP contribution in [-0.2, 0) is 4.79 Å². The number of hydrogen-bond acceptors (Lipinski definition) is 3. The Labute approximate surface area is 161 Å². The van der Waals surface area contributed by atoms with Gasteiger partial charge in [-0.05, 0) is 69.3 Å². The Hall–Kier alpha value is -0.680. The number of carbonyl (C=O) groups excluding carboxylic acids is 1. The van der Waals surface area contributed by atoms with Gasteiger partial charge in [0.25, 0.3) is 0 Å². The van der Waals surface area contributed by atoms with E-state index in [1.54, 1.807) is 0 Å². The standard InChI is InChI=1S/C17H24ClN3O.2ClH/c18-13-2-5-15(20-14-3-4-14)16(11-13)21-17(22)6-1-12-7-9-19-10-8-12;;/h2,5,11-12,14,19-20H,1,3-4,6-10H2,(H,21,22);2*1H. The summed E-state index contributed by atoms with van der Waals surface area (Å²) in [6.07, 6.45) is 6.31. The summed E-state index contributed by atoms with van der Waals surface area (Å²) in [6, 6.07) is 6.18. The van der Waals surface area contributed by atoms with Crippen LogP contribution in [0.4, 0.5) is 11.4 Å². The van der Waals surface area contributed by atoms with Gasteiger partial charge in [-0.3, -0.25) is 4.79 Å². The van der Waals surface area contributed by atoms with Gasteiger partial charge in [0.15, 0.2) is 0 Å². The summed E-state index contributed by atoms with van der Waals surface area (Å²) in [5.74, 6) is 0.759. The molecule has 24 heavy (non-hydrogen) atoms. The molecule has 3 N–H and O–H groups in total. The maximum Gasteiger partial charge on any atom is 0.224 e. The first kappa shape index (κ1) is 21.4.